The minimum absolute atomic E-state index is 0.546. The van der Waals surface area contributed by atoms with Crippen LogP contribution in [0.4, 0.5) is 0 Å². The maximum absolute atomic E-state index is 3.51. The summed E-state index contributed by atoms with van der Waals surface area (Å²) in [6.45, 7) is 11.6. The van der Waals surface area contributed by atoms with Crippen molar-refractivity contribution in [2.24, 2.45) is 17.3 Å². The van der Waals surface area contributed by atoms with E-state index in [4.69, 9.17) is 0 Å². The lowest BCUT2D eigenvalue weighted by Gasteiger charge is -2.29. The predicted octanol–water partition coefficient (Wildman–Crippen LogP) is 0.479. The summed E-state index contributed by atoms with van der Waals surface area (Å²) in [5, 5.41) is 3.51. The van der Waals surface area contributed by atoms with E-state index in [0.717, 1.165) is 11.8 Å². The molecule has 3 aliphatic rings. The minimum atomic E-state index is 0.546. The highest BCUT2D eigenvalue weighted by Gasteiger charge is 2.41. The molecule has 0 radical (unpaired) electrons. The number of fused-ring (bicyclic) bond motifs is 1. The molecular formula is C13H25N3. The Kier molecular flexibility index (Phi) is 2.73. The van der Waals surface area contributed by atoms with Crippen molar-refractivity contribution in [1.29, 1.82) is 0 Å². The highest BCUT2D eigenvalue weighted by atomic mass is 15.2. The summed E-state index contributed by atoms with van der Waals surface area (Å²) in [7, 11) is 2.27. The summed E-state index contributed by atoms with van der Waals surface area (Å²) in [5.41, 5.74) is 0.546. The first-order valence-electron chi connectivity index (χ1n) is 6.76. The number of hydrogen-bond acceptors (Lipinski definition) is 3. The fraction of sp³-hybridized carbons (Fsp3) is 1.00. The number of rotatable bonds is 2. The standard InChI is InChI=1S/C13H25N3/c1-13(3-4-14-9-13)10-16-7-11-5-15(2)6-12(11)8-16/h11-12,14H,3-10H2,1-2H3/t11-,12+,13?. The Morgan fingerprint density at radius 3 is 2.44 bits per heavy atom. The molecule has 0 aliphatic carbocycles. The third kappa shape index (κ3) is 2.01. The molecule has 3 fully saturated rings. The molecule has 0 amide bonds. The lowest BCUT2D eigenvalue weighted by atomic mass is 9.89. The molecule has 0 bridgehead atoms. The van der Waals surface area contributed by atoms with Gasteiger partial charge in [-0.05, 0) is 37.3 Å². The third-order valence-corrected chi connectivity index (χ3v) is 4.81. The zero-order valence-corrected chi connectivity index (χ0v) is 10.7. The van der Waals surface area contributed by atoms with Gasteiger partial charge in [-0.1, -0.05) is 6.92 Å². The van der Waals surface area contributed by atoms with E-state index in [9.17, 15) is 0 Å². The van der Waals surface area contributed by atoms with Crippen LogP contribution in [-0.4, -0.2) is 62.7 Å². The van der Waals surface area contributed by atoms with Gasteiger partial charge in [0.15, 0.2) is 0 Å². The fourth-order valence-electron chi connectivity index (χ4n) is 4.00. The minimum Gasteiger partial charge on any atom is -0.316 e. The van der Waals surface area contributed by atoms with Gasteiger partial charge in [-0.25, -0.2) is 0 Å². The van der Waals surface area contributed by atoms with Gasteiger partial charge in [0.2, 0.25) is 0 Å². The smallest absolute Gasteiger partial charge is 0.00482 e. The van der Waals surface area contributed by atoms with Crippen LogP contribution in [0.5, 0.6) is 0 Å². The highest BCUT2D eigenvalue weighted by molar-refractivity contribution is 4.95. The zero-order valence-electron chi connectivity index (χ0n) is 10.7. The lowest BCUT2D eigenvalue weighted by Crippen LogP contribution is -2.37. The molecule has 0 aromatic carbocycles. The lowest BCUT2D eigenvalue weighted by molar-refractivity contribution is 0.189. The maximum atomic E-state index is 3.51. The van der Waals surface area contributed by atoms with E-state index >= 15 is 0 Å². The Hall–Kier alpha value is -0.120. The van der Waals surface area contributed by atoms with Gasteiger partial charge in [-0.15, -0.1) is 0 Å². The van der Waals surface area contributed by atoms with E-state index in [1.165, 1.54) is 52.2 Å². The molecular weight excluding hydrogens is 198 g/mol. The Labute approximate surface area is 99.2 Å². The van der Waals surface area contributed by atoms with Crippen LogP contribution in [-0.2, 0) is 0 Å². The van der Waals surface area contributed by atoms with E-state index in [-0.39, 0.29) is 0 Å². The number of nitrogens with one attached hydrogen (secondary N) is 1. The average Bonchev–Trinajstić information content (AvgIpc) is 2.81. The molecule has 3 atom stereocenters. The monoisotopic (exact) mass is 223 g/mol. The first kappa shape index (κ1) is 11.0. The Balaban J connectivity index is 1.55. The molecule has 0 aromatic heterocycles. The van der Waals surface area contributed by atoms with Crippen LogP contribution in [0.1, 0.15) is 13.3 Å². The fourth-order valence-corrected chi connectivity index (χ4v) is 4.00. The van der Waals surface area contributed by atoms with Crippen LogP contribution in [0.25, 0.3) is 0 Å². The van der Waals surface area contributed by atoms with Gasteiger partial charge in [0.25, 0.3) is 0 Å². The molecule has 16 heavy (non-hydrogen) atoms. The van der Waals surface area contributed by atoms with Crippen LogP contribution < -0.4 is 5.32 Å². The summed E-state index contributed by atoms with van der Waals surface area (Å²) < 4.78 is 0. The predicted molar refractivity (Wildman–Crippen MR) is 66.5 cm³/mol. The second kappa shape index (κ2) is 3.97. The molecule has 3 rings (SSSR count). The molecule has 0 saturated carbocycles. The van der Waals surface area contributed by atoms with Crippen molar-refractivity contribution >= 4 is 0 Å². The molecule has 1 unspecified atom stereocenters. The first-order chi connectivity index (χ1) is 7.65. The van der Waals surface area contributed by atoms with Crippen LogP contribution in [0.2, 0.25) is 0 Å². The molecule has 92 valence electrons. The van der Waals surface area contributed by atoms with Crippen molar-refractivity contribution in [3.8, 4) is 0 Å². The Bertz CT molecular complexity index is 246. The van der Waals surface area contributed by atoms with Gasteiger partial charge in [-0.3, -0.25) is 0 Å². The summed E-state index contributed by atoms with van der Waals surface area (Å²) in [5.74, 6) is 1.92. The van der Waals surface area contributed by atoms with E-state index in [1.807, 2.05) is 0 Å². The zero-order chi connectivity index (χ0) is 11.2. The topological polar surface area (TPSA) is 18.5 Å². The van der Waals surface area contributed by atoms with E-state index in [2.05, 4.69) is 29.1 Å². The van der Waals surface area contributed by atoms with Crippen molar-refractivity contribution in [2.45, 2.75) is 13.3 Å². The van der Waals surface area contributed by atoms with E-state index < -0.39 is 0 Å². The van der Waals surface area contributed by atoms with Crippen LogP contribution in [0.15, 0.2) is 0 Å². The Morgan fingerprint density at radius 2 is 1.88 bits per heavy atom. The van der Waals surface area contributed by atoms with Crippen molar-refractivity contribution in [3.63, 3.8) is 0 Å². The maximum Gasteiger partial charge on any atom is 0.00482 e. The third-order valence-electron chi connectivity index (χ3n) is 4.81. The first-order valence-corrected chi connectivity index (χ1v) is 6.76. The molecule has 3 nitrogen and oxygen atoms in total. The van der Waals surface area contributed by atoms with Crippen LogP contribution in [0, 0.1) is 17.3 Å². The van der Waals surface area contributed by atoms with Gasteiger partial charge in [0, 0.05) is 39.3 Å². The highest BCUT2D eigenvalue weighted by Crippen LogP contribution is 2.33. The van der Waals surface area contributed by atoms with Crippen LogP contribution >= 0.6 is 0 Å². The van der Waals surface area contributed by atoms with Crippen LogP contribution in [0.3, 0.4) is 0 Å². The average molecular weight is 223 g/mol. The SMILES string of the molecule is CN1C[C@@H]2CN(CC3(C)CCNC3)C[C@@H]2C1. The molecule has 3 heterocycles. The Morgan fingerprint density at radius 1 is 1.19 bits per heavy atom. The van der Waals surface area contributed by atoms with Gasteiger partial charge in [0.1, 0.15) is 0 Å². The quantitative estimate of drug-likeness (QED) is 0.734. The summed E-state index contributed by atoms with van der Waals surface area (Å²) in [6, 6.07) is 0. The molecule has 3 aliphatic heterocycles. The number of hydrogen-bond donors (Lipinski definition) is 1. The molecule has 0 aromatic rings. The van der Waals surface area contributed by atoms with E-state index in [1.54, 1.807) is 0 Å². The second-order valence-electron chi connectivity index (χ2n) is 6.67. The summed E-state index contributed by atoms with van der Waals surface area (Å²) in [4.78, 5) is 5.24. The molecule has 1 N–H and O–H groups in total. The molecule has 3 saturated heterocycles. The number of nitrogens with zero attached hydrogens (tertiary/aromatic N) is 2. The molecule has 3 heteroatoms. The molecule has 0 spiro atoms. The van der Waals surface area contributed by atoms with Gasteiger partial charge in [0.05, 0.1) is 0 Å². The van der Waals surface area contributed by atoms with Gasteiger partial charge in [-0.2, -0.15) is 0 Å². The largest absolute Gasteiger partial charge is 0.316 e. The summed E-state index contributed by atoms with van der Waals surface area (Å²) in [6.07, 6.45) is 1.36. The van der Waals surface area contributed by atoms with Crippen molar-refractivity contribution < 1.29 is 0 Å². The second-order valence-corrected chi connectivity index (χ2v) is 6.67. The van der Waals surface area contributed by atoms with Gasteiger partial charge >= 0.3 is 0 Å². The van der Waals surface area contributed by atoms with Crippen molar-refractivity contribution in [1.82, 2.24) is 15.1 Å². The van der Waals surface area contributed by atoms with Crippen molar-refractivity contribution in [3.05, 3.63) is 0 Å². The normalized spacial score (nSPS) is 45.4. The van der Waals surface area contributed by atoms with E-state index in [0.29, 0.717) is 5.41 Å². The summed E-state index contributed by atoms with van der Waals surface area (Å²) >= 11 is 0. The van der Waals surface area contributed by atoms with Gasteiger partial charge < -0.3 is 15.1 Å². The van der Waals surface area contributed by atoms with Crippen molar-refractivity contribution in [2.75, 3.05) is 52.9 Å². The number of likely N-dealkylation sites (tertiary alicyclic amines) is 2.